The molecule has 0 bridgehead atoms. The Balaban J connectivity index is 1.58. The summed E-state index contributed by atoms with van der Waals surface area (Å²) in [6, 6.07) is 12.9. The van der Waals surface area contributed by atoms with E-state index >= 15 is 0 Å². The number of amides is 1. The Morgan fingerprint density at radius 1 is 1.12 bits per heavy atom. The molecule has 2 aromatic rings. The van der Waals surface area contributed by atoms with Gasteiger partial charge in [-0.25, -0.2) is 8.42 Å². The normalized spacial score (nSPS) is 17.2. The van der Waals surface area contributed by atoms with Crippen LogP contribution in [0, 0.1) is 0 Å². The Kier molecular flexibility index (Phi) is 6.29. The lowest BCUT2D eigenvalue weighted by Crippen LogP contribution is -2.52. The zero-order chi connectivity index (χ0) is 18.7. The maximum atomic E-state index is 12.7. The molecule has 5 nitrogen and oxygen atoms in total. The van der Waals surface area contributed by atoms with Crippen LogP contribution in [0.3, 0.4) is 0 Å². The predicted molar refractivity (Wildman–Crippen MR) is 106 cm³/mol. The summed E-state index contributed by atoms with van der Waals surface area (Å²) in [5.41, 5.74) is 0. The number of thioether (sulfide) groups is 1. The molecule has 1 aromatic heterocycles. The zero-order valence-corrected chi connectivity index (χ0v) is 17.4. The van der Waals surface area contributed by atoms with Crippen molar-refractivity contribution in [1.29, 1.82) is 0 Å². The van der Waals surface area contributed by atoms with Crippen LogP contribution >= 0.6 is 34.7 Å². The Labute approximate surface area is 167 Å². The van der Waals surface area contributed by atoms with Gasteiger partial charge in [-0.1, -0.05) is 29.8 Å². The highest BCUT2D eigenvalue weighted by molar-refractivity contribution is 8.00. The molecule has 0 radical (unpaired) electrons. The number of hydrogen-bond acceptors (Lipinski definition) is 5. The SMILES string of the molecule is CC(Sc1ccccc1)C(=O)N1CCN(S(=O)(=O)c2ccc(Cl)s2)CC1. The van der Waals surface area contributed by atoms with Crippen LogP contribution < -0.4 is 0 Å². The lowest BCUT2D eigenvalue weighted by Gasteiger charge is -2.34. The number of carbonyl (C=O) groups is 1. The van der Waals surface area contributed by atoms with E-state index in [2.05, 4.69) is 0 Å². The number of rotatable bonds is 5. The first-order valence-electron chi connectivity index (χ1n) is 8.14. The maximum absolute atomic E-state index is 12.7. The fourth-order valence-electron chi connectivity index (χ4n) is 2.72. The molecule has 9 heteroatoms. The fourth-order valence-corrected chi connectivity index (χ4v) is 6.75. The van der Waals surface area contributed by atoms with E-state index in [0.717, 1.165) is 16.2 Å². The highest BCUT2D eigenvalue weighted by Crippen LogP contribution is 2.29. The molecule has 1 unspecified atom stereocenters. The summed E-state index contributed by atoms with van der Waals surface area (Å²) in [7, 11) is -3.53. The molecule has 140 valence electrons. The van der Waals surface area contributed by atoms with Gasteiger partial charge in [-0.2, -0.15) is 4.31 Å². The minimum Gasteiger partial charge on any atom is -0.339 e. The van der Waals surface area contributed by atoms with Crippen molar-refractivity contribution in [2.24, 2.45) is 0 Å². The van der Waals surface area contributed by atoms with Gasteiger partial charge in [0.15, 0.2) is 0 Å². The number of halogens is 1. The van der Waals surface area contributed by atoms with Crippen molar-refractivity contribution >= 4 is 50.6 Å². The molecule has 1 saturated heterocycles. The average molecular weight is 431 g/mol. The molecule has 1 amide bonds. The third-order valence-corrected chi connectivity index (χ3v) is 8.79. The highest BCUT2D eigenvalue weighted by Gasteiger charge is 2.32. The molecule has 0 spiro atoms. The summed E-state index contributed by atoms with van der Waals surface area (Å²) in [6.07, 6.45) is 0. The van der Waals surface area contributed by atoms with Gasteiger partial charge in [0.25, 0.3) is 10.0 Å². The quantitative estimate of drug-likeness (QED) is 0.682. The Morgan fingerprint density at radius 2 is 1.77 bits per heavy atom. The highest BCUT2D eigenvalue weighted by atomic mass is 35.5. The smallest absolute Gasteiger partial charge is 0.252 e. The zero-order valence-electron chi connectivity index (χ0n) is 14.2. The van der Waals surface area contributed by atoms with E-state index in [4.69, 9.17) is 11.6 Å². The molecular weight excluding hydrogens is 412 g/mol. The summed E-state index contributed by atoms with van der Waals surface area (Å²) in [5, 5.41) is -0.211. The summed E-state index contributed by atoms with van der Waals surface area (Å²) >= 11 is 8.42. The summed E-state index contributed by atoms with van der Waals surface area (Å²) in [6.45, 7) is 3.28. The second kappa shape index (κ2) is 8.31. The van der Waals surface area contributed by atoms with E-state index in [-0.39, 0.29) is 15.4 Å². The lowest BCUT2D eigenvalue weighted by atomic mass is 10.3. The second-order valence-corrected chi connectivity index (χ2v) is 11.2. The van der Waals surface area contributed by atoms with E-state index in [1.807, 2.05) is 37.3 Å². The number of carbonyl (C=O) groups excluding carboxylic acids is 1. The van der Waals surface area contributed by atoms with Crippen LogP contribution in [0.5, 0.6) is 0 Å². The molecule has 1 atom stereocenters. The average Bonchev–Trinajstić information content (AvgIpc) is 3.09. The van der Waals surface area contributed by atoms with Gasteiger partial charge in [0.05, 0.1) is 9.59 Å². The molecular formula is C17H19ClN2O3S3. The van der Waals surface area contributed by atoms with Crippen LogP contribution in [0.1, 0.15) is 6.92 Å². The maximum Gasteiger partial charge on any atom is 0.252 e. The molecule has 3 rings (SSSR count). The molecule has 1 aromatic carbocycles. The van der Waals surface area contributed by atoms with Gasteiger partial charge in [-0.05, 0) is 31.2 Å². The molecule has 2 heterocycles. The number of nitrogens with zero attached hydrogens (tertiary/aromatic N) is 2. The van der Waals surface area contributed by atoms with Crippen molar-refractivity contribution in [2.45, 2.75) is 21.3 Å². The summed E-state index contributed by atoms with van der Waals surface area (Å²) in [5.74, 6) is 0.0371. The minimum absolute atomic E-state index is 0.0371. The van der Waals surface area contributed by atoms with Crippen LogP contribution in [0.25, 0.3) is 0 Å². The van der Waals surface area contributed by atoms with E-state index < -0.39 is 10.0 Å². The van der Waals surface area contributed by atoms with Gasteiger partial charge in [-0.3, -0.25) is 4.79 Å². The van der Waals surface area contributed by atoms with Crippen LogP contribution in [-0.2, 0) is 14.8 Å². The molecule has 26 heavy (non-hydrogen) atoms. The standard InChI is InChI=1S/C17H19ClN2O3S3/c1-13(24-14-5-3-2-4-6-14)17(21)19-9-11-20(12-10-19)26(22,23)16-8-7-15(18)25-16/h2-8,13H,9-12H2,1H3. The third-order valence-electron chi connectivity index (χ3n) is 4.10. The van der Waals surface area contributed by atoms with E-state index in [0.29, 0.717) is 30.5 Å². The molecule has 0 saturated carbocycles. The summed E-state index contributed by atoms with van der Waals surface area (Å²) < 4.78 is 27.4. The van der Waals surface area contributed by atoms with Gasteiger partial charge >= 0.3 is 0 Å². The predicted octanol–water partition coefficient (Wildman–Crippen LogP) is 3.42. The van der Waals surface area contributed by atoms with Crippen molar-refractivity contribution in [1.82, 2.24) is 9.21 Å². The summed E-state index contributed by atoms with van der Waals surface area (Å²) in [4.78, 5) is 15.4. The topological polar surface area (TPSA) is 57.7 Å². The molecule has 1 aliphatic heterocycles. The van der Waals surface area contributed by atoms with E-state index in [1.165, 1.54) is 22.1 Å². The second-order valence-electron chi connectivity index (χ2n) is 5.86. The molecule has 1 fully saturated rings. The van der Waals surface area contributed by atoms with Crippen molar-refractivity contribution in [3.05, 3.63) is 46.8 Å². The largest absolute Gasteiger partial charge is 0.339 e. The van der Waals surface area contributed by atoms with E-state index in [1.54, 1.807) is 11.0 Å². The van der Waals surface area contributed by atoms with Crippen molar-refractivity contribution in [2.75, 3.05) is 26.2 Å². The van der Waals surface area contributed by atoms with Crippen LogP contribution in [0.4, 0.5) is 0 Å². The Bertz CT molecular complexity index is 862. The van der Waals surface area contributed by atoms with E-state index in [9.17, 15) is 13.2 Å². The Hall–Kier alpha value is -1.06. The van der Waals surface area contributed by atoms with Gasteiger partial charge in [-0.15, -0.1) is 23.1 Å². The van der Waals surface area contributed by atoms with Gasteiger partial charge in [0.1, 0.15) is 4.21 Å². The van der Waals surface area contributed by atoms with Gasteiger partial charge in [0.2, 0.25) is 5.91 Å². The molecule has 0 aliphatic carbocycles. The number of sulfonamides is 1. The van der Waals surface area contributed by atoms with Crippen molar-refractivity contribution < 1.29 is 13.2 Å². The number of piperazine rings is 1. The van der Waals surface area contributed by atoms with Gasteiger partial charge < -0.3 is 4.90 Å². The third kappa shape index (κ3) is 4.43. The molecule has 1 aliphatic rings. The number of hydrogen-bond donors (Lipinski definition) is 0. The van der Waals surface area contributed by atoms with Crippen LogP contribution in [-0.4, -0.2) is 55.0 Å². The minimum atomic E-state index is -3.53. The first-order chi connectivity index (χ1) is 12.4. The van der Waals surface area contributed by atoms with Gasteiger partial charge in [0, 0.05) is 31.1 Å². The first-order valence-corrected chi connectivity index (χ1v) is 11.7. The number of thiophene rings is 1. The molecule has 0 N–H and O–H groups in total. The number of benzene rings is 1. The van der Waals surface area contributed by atoms with Crippen LogP contribution in [0.15, 0.2) is 51.6 Å². The Morgan fingerprint density at radius 3 is 2.35 bits per heavy atom. The first kappa shape index (κ1) is 19.7. The fraction of sp³-hybridized carbons (Fsp3) is 0.353. The van der Waals surface area contributed by atoms with Crippen LogP contribution in [0.2, 0.25) is 4.34 Å². The monoisotopic (exact) mass is 430 g/mol. The van der Waals surface area contributed by atoms with Crippen molar-refractivity contribution in [3.63, 3.8) is 0 Å². The van der Waals surface area contributed by atoms with Crippen molar-refractivity contribution in [3.8, 4) is 0 Å². The lowest BCUT2D eigenvalue weighted by molar-refractivity contribution is -0.131.